The number of methoxy groups -OCH3 is 2. The Morgan fingerprint density at radius 2 is 1.68 bits per heavy atom. The molecule has 0 saturated carbocycles. The van der Waals surface area contributed by atoms with Crippen molar-refractivity contribution in [2.45, 2.75) is 4.90 Å². The summed E-state index contributed by atoms with van der Waals surface area (Å²) in [5.41, 5.74) is 0.358. The van der Waals surface area contributed by atoms with Crippen LogP contribution >= 0.6 is 34.2 Å². The molecule has 0 amide bonds. The lowest BCUT2D eigenvalue weighted by Gasteiger charge is -2.11. The minimum Gasteiger partial charge on any atom is -0.496 e. The molecule has 0 aliphatic carbocycles. The molecule has 0 aliphatic rings. The van der Waals surface area contributed by atoms with Gasteiger partial charge in [0.15, 0.2) is 0 Å². The van der Waals surface area contributed by atoms with Gasteiger partial charge in [0.2, 0.25) is 0 Å². The second kappa shape index (κ2) is 6.93. The molecule has 0 bridgehead atoms. The van der Waals surface area contributed by atoms with Gasteiger partial charge in [0.25, 0.3) is 10.0 Å². The Bertz CT molecular complexity index is 795. The Morgan fingerprint density at radius 3 is 2.23 bits per heavy atom. The number of anilines is 1. The predicted octanol–water partition coefficient (Wildman–Crippen LogP) is 3.76. The Balaban J connectivity index is 2.31. The topological polar surface area (TPSA) is 64.6 Å². The first kappa shape index (κ1) is 17.2. The summed E-state index contributed by atoms with van der Waals surface area (Å²) < 4.78 is 38.1. The molecule has 118 valence electrons. The van der Waals surface area contributed by atoms with Crippen molar-refractivity contribution in [2.75, 3.05) is 18.9 Å². The van der Waals surface area contributed by atoms with Crippen molar-refractivity contribution in [3.63, 3.8) is 0 Å². The number of benzene rings is 2. The Hall–Kier alpha value is -1.19. The van der Waals surface area contributed by atoms with Gasteiger partial charge in [0.1, 0.15) is 11.5 Å². The molecule has 0 aliphatic heterocycles. The number of halogens is 2. The van der Waals surface area contributed by atoms with E-state index >= 15 is 0 Å². The first-order valence-electron chi connectivity index (χ1n) is 6.07. The highest BCUT2D eigenvalue weighted by atomic mass is 127. The van der Waals surface area contributed by atoms with E-state index in [9.17, 15) is 8.42 Å². The summed E-state index contributed by atoms with van der Waals surface area (Å²) in [6.45, 7) is 0. The van der Waals surface area contributed by atoms with Crippen LogP contribution in [0.25, 0.3) is 0 Å². The van der Waals surface area contributed by atoms with E-state index in [1.165, 1.54) is 32.4 Å². The average molecular weight is 454 g/mol. The SMILES string of the molecule is COc1ccc(NS(=O)(=O)c2ccc(OC)c(I)c2)cc1Cl. The lowest BCUT2D eigenvalue weighted by Crippen LogP contribution is -2.13. The standard InChI is InChI=1S/C14H13ClINO4S/c1-20-13-5-3-9(7-11(13)15)17-22(18,19)10-4-6-14(21-2)12(16)8-10/h3-8,17H,1-2H3. The third kappa shape index (κ3) is 3.76. The van der Waals surface area contributed by atoms with Gasteiger partial charge in [0.05, 0.1) is 33.4 Å². The van der Waals surface area contributed by atoms with E-state index in [0.717, 1.165) is 0 Å². The van der Waals surface area contributed by atoms with Crippen molar-refractivity contribution in [3.8, 4) is 11.5 Å². The molecule has 0 radical (unpaired) electrons. The van der Waals surface area contributed by atoms with Crippen LogP contribution in [0.5, 0.6) is 11.5 Å². The van der Waals surface area contributed by atoms with Crippen LogP contribution < -0.4 is 14.2 Å². The van der Waals surface area contributed by atoms with Crippen LogP contribution in [-0.4, -0.2) is 22.6 Å². The molecular formula is C14H13ClINO4S. The molecule has 0 atom stereocenters. The fourth-order valence-electron chi connectivity index (χ4n) is 1.76. The summed E-state index contributed by atoms with van der Waals surface area (Å²) >= 11 is 8.01. The van der Waals surface area contributed by atoms with E-state index in [-0.39, 0.29) is 4.90 Å². The molecule has 0 spiro atoms. The maximum absolute atomic E-state index is 12.4. The first-order chi connectivity index (χ1) is 10.4. The van der Waals surface area contributed by atoms with Crippen molar-refractivity contribution < 1.29 is 17.9 Å². The van der Waals surface area contributed by atoms with Gasteiger partial charge in [-0.3, -0.25) is 4.72 Å². The molecule has 2 rings (SSSR count). The third-order valence-electron chi connectivity index (χ3n) is 2.84. The zero-order chi connectivity index (χ0) is 16.3. The van der Waals surface area contributed by atoms with Gasteiger partial charge < -0.3 is 9.47 Å². The molecule has 5 nitrogen and oxygen atoms in total. The van der Waals surface area contributed by atoms with Gasteiger partial charge in [0, 0.05) is 0 Å². The Morgan fingerprint density at radius 1 is 1.05 bits per heavy atom. The molecule has 22 heavy (non-hydrogen) atoms. The quantitative estimate of drug-likeness (QED) is 0.700. The molecule has 8 heteroatoms. The average Bonchev–Trinajstić information content (AvgIpc) is 2.47. The molecule has 0 heterocycles. The molecule has 2 aromatic rings. The van der Waals surface area contributed by atoms with Crippen LogP contribution in [0, 0.1) is 3.57 Å². The van der Waals surface area contributed by atoms with E-state index in [4.69, 9.17) is 21.1 Å². The Labute approximate surface area is 147 Å². The molecule has 0 fully saturated rings. The molecule has 1 N–H and O–H groups in total. The summed E-state index contributed by atoms with van der Waals surface area (Å²) in [7, 11) is -0.686. The predicted molar refractivity (Wildman–Crippen MR) is 94.5 cm³/mol. The molecular weight excluding hydrogens is 441 g/mol. The molecule has 0 saturated heterocycles. The lowest BCUT2D eigenvalue weighted by atomic mass is 10.3. The number of rotatable bonds is 5. The summed E-state index contributed by atoms with van der Waals surface area (Å²) in [4.78, 5) is 0.143. The number of ether oxygens (including phenoxy) is 2. The second-order valence-corrected chi connectivity index (χ2v) is 7.50. The lowest BCUT2D eigenvalue weighted by molar-refractivity contribution is 0.411. The van der Waals surface area contributed by atoms with Crippen LogP contribution in [0.4, 0.5) is 5.69 Å². The Kier molecular flexibility index (Phi) is 5.41. The molecule has 2 aromatic carbocycles. The van der Waals surface area contributed by atoms with E-state index in [2.05, 4.69) is 4.72 Å². The summed E-state index contributed by atoms with van der Waals surface area (Å²) in [6, 6.07) is 9.29. The van der Waals surface area contributed by atoms with Crippen molar-refractivity contribution in [1.82, 2.24) is 0 Å². The van der Waals surface area contributed by atoms with Crippen molar-refractivity contribution in [3.05, 3.63) is 45.0 Å². The second-order valence-electron chi connectivity index (χ2n) is 4.25. The highest BCUT2D eigenvalue weighted by molar-refractivity contribution is 14.1. The van der Waals surface area contributed by atoms with Gasteiger partial charge in [-0.1, -0.05) is 11.6 Å². The first-order valence-corrected chi connectivity index (χ1v) is 9.01. The van der Waals surface area contributed by atoms with Crippen LogP contribution in [0.15, 0.2) is 41.3 Å². The van der Waals surface area contributed by atoms with Crippen LogP contribution in [0.3, 0.4) is 0 Å². The van der Waals surface area contributed by atoms with E-state index in [1.807, 2.05) is 22.6 Å². The molecule has 0 aromatic heterocycles. The monoisotopic (exact) mass is 453 g/mol. The van der Waals surface area contributed by atoms with Gasteiger partial charge in [-0.05, 0) is 59.0 Å². The maximum Gasteiger partial charge on any atom is 0.261 e. The van der Waals surface area contributed by atoms with Crippen molar-refractivity contribution in [1.29, 1.82) is 0 Å². The number of nitrogens with one attached hydrogen (secondary N) is 1. The van der Waals surface area contributed by atoms with Crippen LogP contribution in [0.1, 0.15) is 0 Å². The third-order valence-corrected chi connectivity index (χ3v) is 5.35. The van der Waals surface area contributed by atoms with E-state index in [0.29, 0.717) is 25.8 Å². The molecule has 0 unspecified atom stereocenters. The van der Waals surface area contributed by atoms with Crippen molar-refractivity contribution in [2.24, 2.45) is 0 Å². The smallest absolute Gasteiger partial charge is 0.261 e. The van der Waals surface area contributed by atoms with Gasteiger partial charge in [-0.15, -0.1) is 0 Å². The maximum atomic E-state index is 12.4. The van der Waals surface area contributed by atoms with Crippen molar-refractivity contribution >= 4 is 49.9 Å². The van der Waals surface area contributed by atoms with Crippen LogP contribution in [-0.2, 0) is 10.0 Å². The minimum atomic E-state index is -3.71. The number of sulfonamides is 1. The van der Waals surface area contributed by atoms with Gasteiger partial charge in [-0.2, -0.15) is 0 Å². The fourth-order valence-corrected chi connectivity index (χ4v) is 4.04. The normalized spacial score (nSPS) is 11.1. The highest BCUT2D eigenvalue weighted by Crippen LogP contribution is 2.29. The summed E-state index contributed by atoms with van der Waals surface area (Å²) in [6.07, 6.45) is 0. The zero-order valence-corrected chi connectivity index (χ0v) is 15.5. The summed E-state index contributed by atoms with van der Waals surface area (Å²) in [5, 5.41) is 0.326. The number of hydrogen-bond acceptors (Lipinski definition) is 4. The van der Waals surface area contributed by atoms with E-state index < -0.39 is 10.0 Å². The van der Waals surface area contributed by atoms with Gasteiger partial charge in [-0.25, -0.2) is 8.42 Å². The number of hydrogen-bond donors (Lipinski definition) is 1. The fraction of sp³-hybridized carbons (Fsp3) is 0.143. The minimum absolute atomic E-state index is 0.143. The largest absolute Gasteiger partial charge is 0.496 e. The highest BCUT2D eigenvalue weighted by Gasteiger charge is 2.16. The van der Waals surface area contributed by atoms with Gasteiger partial charge >= 0.3 is 0 Å². The zero-order valence-electron chi connectivity index (χ0n) is 11.8. The summed E-state index contributed by atoms with van der Waals surface area (Å²) in [5.74, 6) is 1.09. The van der Waals surface area contributed by atoms with E-state index in [1.54, 1.807) is 18.2 Å². The van der Waals surface area contributed by atoms with Crippen LogP contribution in [0.2, 0.25) is 5.02 Å².